The molecule has 1 fully saturated rings. The number of benzene rings is 1. The number of nitrogens with one attached hydrogen (secondary N) is 1. The van der Waals surface area contributed by atoms with Crippen molar-refractivity contribution in [1.82, 2.24) is 10.2 Å². The molecule has 3 nitrogen and oxygen atoms in total. The number of carbonyl (C=O) groups excluding carboxylic acids is 1. The number of halogens is 1. The summed E-state index contributed by atoms with van der Waals surface area (Å²) < 4.78 is 12.7. The Balaban J connectivity index is 1.94. The fourth-order valence-electron chi connectivity index (χ4n) is 1.62. The van der Waals surface area contributed by atoms with Gasteiger partial charge in [0.15, 0.2) is 5.11 Å². The highest BCUT2D eigenvalue weighted by Crippen LogP contribution is 2.09. The Morgan fingerprint density at radius 3 is 2.50 bits per heavy atom. The van der Waals surface area contributed by atoms with Crippen LogP contribution in [-0.2, 0) is 0 Å². The highest BCUT2D eigenvalue weighted by atomic mass is 32.2. The van der Waals surface area contributed by atoms with Crippen molar-refractivity contribution in [3.63, 3.8) is 0 Å². The van der Waals surface area contributed by atoms with Crippen LogP contribution in [0.3, 0.4) is 0 Å². The van der Waals surface area contributed by atoms with Gasteiger partial charge in [0.05, 0.1) is 0 Å². The summed E-state index contributed by atoms with van der Waals surface area (Å²) in [6.45, 7) is 1.71. The number of thiocarbonyl (C=S) groups is 1. The van der Waals surface area contributed by atoms with E-state index in [1.165, 1.54) is 24.3 Å². The van der Waals surface area contributed by atoms with Gasteiger partial charge in [-0.25, -0.2) is 4.39 Å². The van der Waals surface area contributed by atoms with Gasteiger partial charge in [-0.1, -0.05) is 0 Å². The van der Waals surface area contributed by atoms with Crippen LogP contribution in [0.25, 0.3) is 0 Å². The molecule has 1 amide bonds. The number of rotatable bonds is 1. The van der Waals surface area contributed by atoms with Gasteiger partial charge in [0, 0.05) is 30.2 Å². The molecule has 0 radical (unpaired) electrons. The van der Waals surface area contributed by atoms with Crippen molar-refractivity contribution in [2.24, 2.45) is 0 Å². The Morgan fingerprint density at radius 2 is 1.89 bits per heavy atom. The molecule has 18 heavy (non-hydrogen) atoms. The minimum atomic E-state index is -0.359. The highest BCUT2D eigenvalue weighted by Gasteiger charge is 2.16. The summed E-state index contributed by atoms with van der Waals surface area (Å²) in [5.41, 5.74) is 0.408. The van der Waals surface area contributed by atoms with E-state index in [9.17, 15) is 9.18 Å². The third-order valence-corrected chi connectivity index (χ3v) is 3.93. The molecule has 96 valence electrons. The van der Waals surface area contributed by atoms with E-state index in [2.05, 4.69) is 5.32 Å². The molecule has 1 aliphatic rings. The molecule has 1 aromatic carbocycles. The van der Waals surface area contributed by atoms with E-state index in [0.717, 1.165) is 24.6 Å². The zero-order chi connectivity index (χ0) is 13.0. The molecule has 0 saturated carbocycles. The lowest BCUT2D eigenvalue weighted by molar-refractivity contribution is 0.0973. The monoisotopic (exact) mass is 284 g/mol. The average Bonchev–Trinajstić information content (AvgIpc) is 2.40. The molecule has 0 bridgehead atoms. The van der Waals surface area contributed by atoms with Gasteiger partial charge in [0.25, 0.3) is 5.91 Å². The SMILES string of the molecule is O=C(NC(=S)N1CCSCC1)c1ccc(F)cc1. The third kappa shape index (κ3) is 3.43. The molecule has 1 aromatic rings. The maximum absolute atomic E-state index is 12.7. The highest BCUT2D eigenvalue weighted by molar-refractivity contribution is 7.99. The lowest BCUT2D eigenvalue weighted by Gasteiger charge is -2.28. The van der Waals surface area contributed by atoms with Crippen molar-refractivity contribution in [2.75, 3.05) is 24.6 Å². The van der Waals surface area contributed by atoms with Crippen LogP contribution >= 0.6 is 24.0 Å². The summed E-state index contributed by atoms with van der Waals surface area (Å²) in [5.74, 6) is 1.39. The zero-order valence-electron chi connectivity index (χ0n) is 9.69. The van der Waals surface area contributed by atoms with E-state index in [1.54, 1.807) is 0 Å². The molecular weight excluding hydrogens is 271 g/mol. The quantitative estimate of drug-likeness (QED) is 0.798. The van der Waals surface area contributed by atoms with Crippen LogP contribution in [0.15, 0.2) is 24.3 Å². The van der Waals surface area contributed by atoms with Gasteiger partial charge in [0.1, 0.15) is 5.82 Å². The minimum absolute atomic E-state index is 0.293. The Morgan fingerprint density at radius 1 is 1.28 bits per heavy atom. The first kappa shape index (κ1) is 13.3. The molecule has 0 unspecified atom stereocenters. The molecule has 1 aliphatic heterocycles. The molecule has 0 atom stereocenters. The fraction of sp³-hybridized carbons (Fsp3) is 0.333. The summed E-state index contributed by atoms with van der Waals surface area (Å²) in [7, 11) is 0. The smallest absolute Gasteiger partial charge is 0.257 e. The van der Waals surface area contributed by atoms with E-state index in [1.807, 2.05) is 16.7 Å². The molecular formula is C12H13FN2OS2. The summed E-state index contributed by atoms with van der Waals surface area (Å²) in [6.07, 6.45) is 0. The van der Waals surface area contributed by atoms with E-state index in [0.29, 0.717) is 10.7 Å². The molecule has 1 saturated heterocycles. The van der Waals surface area contributed by atoms with Crippen molar-refractivity contribution in [3.8, 4) is 0 Å². The number of carbonyl (C=O) groups is 1. The second-order valence-electron chi connectivity index (χ2n) is 3.87. The predicted octanol–water partition coefficient (Wildman–Crippen LogP) is 1.89. The molecule has 6 heteroatoms. The van der Waals surface area contributed by atoms with Gasteiger partial charge in [-0.15, -0.1) is 0 Å². The Kier molecular flexibility index (Phi) is 4.54. The third-order valence-electron chi connectivity index (χ3n) is 2.63. The number of thioether (sulfide) groups is 1. The maximum atomic E-state index is 12.7. The lowest BCUT2D eigenvalue weighted by Crippen LogP contribution is -2.46. The fourth-order valence-corrected chi connectivity index (χ4v) is 2.79. The number of nitrogens with zero attached hydrogens (tertiary/aromatic N) is 1. The number of hydrogen-bond acceptors (Lipinski definition) is 3. The summed E-state index contributed by atoms with van der Waals surface area (Å²) in [4.78, 5) is 13.8. The minimum Gasteiger partial charge on any atom is -0.347 e. The first-order valence-electron chi connectivity index (χ1n) is 5.60. The van der Waals surface area contributed by atoms with Gasteiger partial charge >= 0.3 is 0 Å². The van der Waals surface area contributed by atoms with Crippen LogP contribution in [0.5, 0.6) is 0 Å². The molecule has 0 spiro atoms. The largest absolute Gasteiger partial charge is 0.347 e. The van der Waals surface area contributed by atoms with Gasteiger partial charge in [-0.3, -0.25) is 10.1 Å². The number of hydrogen-bond donors (Lipinski definition) is 1. The second-order valence-corrected chi connectivity index (χ2v) is 5.48. The summed E-state index contributed by atoms with van der Waals surface area (Å²) >= 11 is 7.06. The van der Waals surface area contributed by atoms with Gasteiger partial charge < -0.3 is 4.90 Å². The van der Waals surface area contributed by atoms with Crippen LogP contribution in [0.1, 0.15) is 10.4 Å². The van der Waals surface area contributed by atoms with Crippen LogP contribution < -0.4 is 5.32 Å². The Bertz CT molecular complexity index is 444. The normalized spacial score (nSPS) is 15.3. The van der Waals surface area contributed by atoms with Crippen molar-refractivity contribution in [2.45, 2.75) is 0 Å². The molecule has 1 heterocycles. The van der Waals surface area contributed by atoms with Crippen LogP contribution in [0.2, 0.25) is 0 Å². The first-order chi connectivity index (χ1) is 8.66. The molecule has 0 aliphatic carbocycles. The Hall–Kier alpha value is -1.14. The van der Waals surface area contributed by atoms with Crippen molar-refractivity contribution < 1.29 is 9.18 Å². The Labute approximate surface area is 115 Å². The summed E-state index contributed by atoms with van der Waals surface area (Å²) in [5, 5.41) is 3.12. The van der Waals surface area contributed by atoms with Crippen molar-refractivity contribution in [1.29, 1.82) is 0 Å². The molecule has 2 rings (SSSR count). The average molecular weight is 284 g/mol. The second kappa shape index (κ2) is 6.15. The molecule has 0 aromatic heterocycles. The van der Waals surface area contributed by atoms with Crippen molar-refractivity contribution >= 4 is 35.0 Å². The van der Waals surface area contributed by atoms with Crippen molar-refractivity contribution in [3.05, 3.63) is 35.6 Å². The lowest BCUT2D eigenvalue weighted by atomic mass is 10.2. The van der Waals surface area contributed by atoms with Gasteiger partial charge in [0.2, 0.25) is 0 Å². The predicted molar refractivity (Wildman–Crippen MR) is 75.4 cm³/mol. The van der Waals surface area contributed by atoms with Gasteiger partial charge in [-0.05, 0) is 36.5 Å². The van der Waals surface area contributed by atoms with Crippen LogP contribution in [0.4, 0.5) is 4.39 Å². The summed E-state index contributed by atoms with van der Waals surface area (Å²) in [6, 6.07) is 5.41. The standard InChI is InChI=1S/C12H13FN2OS2/c13-10-3-1-9(2-4-10)11(16)14-12(17)15-5-7-18-8-6-15/h1-4H,5-8H2,(H,14,16,17). The van der Waals surface area contributed by atoms with E-state index in [4.69, 9.17) is 12.2 Å². The van der Waals surface area contributed by atoms with E-state index < -0.39 is 0 Å². The number of amides is 1. The first-order valence-corrected chi connectivity index (χ1v) is 7.16. The van der Waals surface area contributed by atoms with E-state index >= 15 is 0 Å². The maximum Gasteiger partial charge on any atom is 0.257 e. The van der Waals surface area contributed by atoms with Crippen LogP contribution in [0, 0.1) is 5.82 Å². The molecule has 1 N–H and O–H groups in total. The van der Waals surface area contributed by atoms with E-state index in [-0.39, 0.29) is 11.7 Å². The topological polar surface area (TPSA) is 32.3 Å². The zero-order valence-corrected chi connectivity index (χ0v) is 11.3. The van der Waals surface area contributed by atoms with Gasteiger partial charge in [-0.2, -0.15) is 11.8 Å². The van der Waals surface area contributed by atoms with Crippen LogP contribution in [-0.4, -0.2) is 40.5 Å².